The molecule has 162 valence electrons. The maximum atomic E-state index is 13.9. The van der Waals surface area contributed by atoms with Gasteiger partial charge in [0.2, 0.25) is 0 Å². The minimum atomic E-state index is -0.360. The summed E-state index contributed by atoms with van der Waals surface area (Å²) in [6, 6.07) is 6.18. The number of fused-ring (bicyclic) bond motifs is 1. The maximum Gasteiger partial charge on any atom is 0.252 e. The van der Waals surface area contributed by atoms with E-state index in [0.717, 1.165) is 45.8 Å². The Kier molecular flexibility index (Phi) is 7.12. The van der Waals surface area contributed by atoms with E-state index >= 15 is 0 Å². The molecule has 0 unspecified atom stereocenters. The summed E-state index contributed by atoms with van der Waals surface area (Å²) in [6.45, 7) is 7.68. The zero-order valence-electron chi connectivity index (χ0n) is 17.6. The van der Waals surface area contributed by atoms with Crippen LogP contribution in [0.4, 0.5) is 10.2 Å². The standard InChI is InChI=1S/C23H32FN5O/c24-18-6-7-21-19(16-18)20(23(30)26-9-15-29-12-4-5-13-29)17-22(27-21)25-8-14-28-10-2-1-3-11-28/h6-7,16-17H,1-5,8-15H2,(H,25,27)(H,26,30). The minimum Gasteiger partial charge on any atom is -0.369 e. The van der Waals surface area contributed by atoms with Crippen molar-refractivity contribution in [3.8, 4) is 0 Å². The molecule has 2 N–H and O–H groups in total. The van der Waals surface area contributed by atoms with Crippen molar-refractivity contribution >= 4 is 22.6 Å². The van der Waals surface area contributed by atoms with Gasteiger partial charge in [0.05, 0.1) is 11.1 Å². The number of benzene rings is 1. The average molecular weight is 414 g/mol. The summed E-state index contributed by atoms with van der Waals surface area (Å²) in [5.74, 6) is 0.128. The van der Waals surface area contributed by atoms with E-state index in [1.165, 1.54) is 44.2 Å². The molecule has 6 nitrogen and oxygen atoms in total. The smallest absolute Gasteiger partial charge is 0.252 e. The Labute approximate surface area is 177 Å². The molecular weight excluding hydrogens is 381 g/mol. The van der Waals surface area contributed by atoms with Gasteiger partial charge in [0.1, 0.15) is 11.6 Å². The lowest BCUT2D eigenvalue weighted by Gasteiger charge is -2.26. The number of hydrogen-bond donors (Lipinski definition) is 2. The van der Waals surface area contributed by atoms with E-state index in [0.29, 0.717) is 28.8 Å². The highest BCUT2D eigenvalue weighted by Gasteiger charge is 2.16. The number of pyridine rings is 1. The molecule has 1 aromatic heterocycles. The van der Waals surface area contributed by atoms with Crippen LogP contribution in [0.15, 0.2) is 24.3 Å². The third-order valence-corrected chi connectivity index (χ3v) is 6.11. The van der Waals surface area contributed by atoms with Crippen LogP contribution in [0.1, 0.15) is 42.5 Å². The fourth-order valence-corrected chi connectivity index (χ4v) is 4.43. The van der Waals surface area contributed by atoms with Crippen LogP contribution in [0, 0.1) is 5.82 Å². The van der Waals surface area contributed by atoms with Crippen molar-refractivity contribution in [3.05, 3.63) is 35.6 Å². The van der Waals surface area contributed by atoms with Crippen LogP contribution >= 0.6 is 0 Å². The molecule has 4 rings (SSSR count). The zero-order valence-corrected chi connectivity index (χ0v) is 17.6. The monoisotopic (exact) mass is 413 g/mol. The molecule has 30 heavy (non-hydrogen) atoms. The number of likely N-dealkylation sites (tertiary alicyclic amines) is 2. The van der Waals surface area contributed by atoms with Gasteiger partial charge in [-0.25, -0.2) is 9.37 Å². The Morgan fingerprint density at radius 3 is 2.33 bits per heavy atom. The quantitative estimate of drug-likeness (QED) is 0.696. The summed E-state index contributed by atoms with van der Waals surface area (Å²) in [4.78, 5) is 22.3. The fourth-order valence-electron chi connectivity index (χ4n) is 4.43. The minimum absolute atomic E-state index is 0.175. The van der Waals surface area contributed by atoms with Gasteiger partial charge >= 0.3 is 0 Å². The molecule has 2 aromatic rings. The second-order valence-electron chi connectivity index (χ2n) is 8.35. The highest BCUT2D eigenvalue weighted by Crippen LogP contribution is 2.22. The van der Waals surface area contributed by atoms with Crippen LogP contribution in [0.2, 0.25) is 0 Å². The van der Waals surface area contributed by atoms with Gasteiger partial charge in [-0.15, -0.1) is 0 Å². The van der Waals surface area contributed by atoms with E-state index in [4.69, 9.17) is 0 Å². The van der Waals surface area contributed by atoms with Crippen molar-refractivity contribution in [3.63, 3.8) is 0 Å². The molecule has 0 aliphatic carbocycles. The molecule has 1 amide bonds. The predicted octanol–water partition coefficient (Wildman–Crippen LogP) is 3.10. The summed E-state index contributed by atoms with van der Waals surface area (Å²) in [5.41, 5.74) is 1.10. The van der Waals surface area contributed by atoms with Crippen molar-refractivity contribution in [1.29, 1.82) is 0 Å². The number of carbonyl (C=O) groups excluding carboxylic acids is 1. The Morgan fingerprint density at radius 1 is 0.933 bits per heavy atom. The van der Waals surface area contributed by atoms with E-state index in [9.17, 15) is 9.18 Å². The van der Waals surface area contributed by atoms with Crippen LogP contribution in [0.3, 0.4) is 0 Å². The number of nitrogens with one attached hydrogen (secondary N) is 2. The van der Waals surface area contributed by atoms with Gasteiger partial charge in [-0.2, -0.15) is 0 Å². The summed E-state index contributed by atoms with van der Waals surface area (Å²) >= 11 is 0. The largest absolute Gasteiger partial charge is 0.369 e. The molecule has 2 aliphatic heterocycles. The van der Waals surface area contributed by atoms with E-state index in [2.05, 4.69) is 25.4 Å². The molecular formula is C23H32FN5O. The summed E-state index contributed by atoms with van der Waals surface area (Å²) in [6.07, 6.45) is 6.31. The number of halogens is 1. The van der Waals surface area contributed by atoms with Gasteiger partial charge in [0.15, 0.2) is 0 Å². The highest BCUT2D eigenvalue weighted by atomic mass is 19.1. The van der Waals surface area contributed by atoms with Gasteiger partial charge in [0, 0.05) is 31.6 Å². The van der Waals surface area contributed by atoms with E-state index in [1.807, 2.05) is 0 Å². The van der Waals surface area contributed by atoms with Gasteiger partial charge in [-0.3, -0.25) is 4.79 Å². The van der Waals surface area contributed by atoms with Crippen LogP contribution in [-0.4, -0.2) is 73.0 Å². The molecule has 0 spiro atoms. The van der Waals surface area contributed by atoms with E-state index < -0.39 is 0 Å². The predicted molar refractivity (Wildman–Crippen MR) is 118 cm³/mol. The van der Waals surface area contributed by atoms with Crippen LogP contribution in [0.5, 0.6) is 0 Å². The van der Waals surface area contributed by atoms with Crippen molar-refractivity contribution in [2.45, 2.75) is 32.1 Å². The van der Waals surface area contributed by atoms with Crippen LogP contribution < -0.4 is 10.6 Å². The SMILES string of the molecule is O=C(NCCN1CCCC1)c1cc(NCCN2CCCCC2)nc2ccc(F)cc12. The number of piperidine rings is 1. The molecule has 1 aromatic carbocycles. The van der Waals surface area contributed by atoms with Gasteiger partial charge in [-0.05, 0) is 76.1 Å². The third-order valence-electron chi connectivity index (χ3n) is 6.11. The number of aromatic nitrogens is 1. The summed E-state index contributed by atoms with van der Waals surface area (Å²) in [7, 11) is 0. The first-order chi connectivity index (χ1) is 14.7. The number of nitrogens with zero attached hydrogens (tertiary/aromatic N) is 3. The second-order valence-corrected chi connectivity index (χ2v) is 8.35. The molecule has 0 radical (unpaired) electrons. The topological polar surface area (TPSA) is 60.5 Å². The molecule has 3 heterocycles. The first kappa shape index (κ1) is 21.0. The molecule has 0 saturated carbocycles. The lowest BCUT2D eigenvalue weighted by molar-refractivity contribution is 0.0951. The Bertz CT molecular complexity index is 862. The first-order valence-corrected chi connectivity index (χ1v) is 11.3. The molecule has 2 fully saturated rings. The number of anilines is 1. The Hall–Kier alpha value is -2.25. The molecule has 2 saturated heterocycles. The third kappa shape index (κ3) is 5.46. The zero-order chi connectivity index (χ0) is 20.8. The average Bonchev–Trinajstić information content (AvgIpc) is 3.27. The van der Waals surface area contributed by atoms with Gasteiger partial charge in [-0.1, -0.05) is 6.42 Å². The lowest BCUT2D eigenvalue weighted by Crippen LogP contribution is -2.34. The second kappa shape index (κ2) is 10.2. The maximum absolute atomic E-state index is 13.9. The van der Waals surface area contributed by atoms with Crippen LogP contribution in [-0.2, 0) is 0 Å². The number of amides is 1. The lowest BCUT2D eigenvalue weighted by atomic mass is 10.1. The fraction of sp³-hybridized carbons (Fsp3) is 0.565. The normalized spacial score (nSPS) is 18.0. The molecule has 0 atom stereocenters. The Morgan fingerprint density at radius 2 is 1.60 bits per heavy atom. The molecule has 2 aliphatic rings. The molecule has 0 bridgehead atoms. The number of rotatable bonds is 8. The van der Waals surface area contributed by atoms with Crippen molar-refractivity contribution in [2.24, 2.45) is 0 Å². The van der Waals surface area contributed by atoms with E-state index in [1.54, 1.807) is 12.1 Å². The molecule has 7 heteroatoms. The van der Waals surface area contributed by atoms with Crippen LogP contribution in [0.25, 0.3) is 10.9 Å². The summed E-state index contributed by atoms with van der Waals surface area (Å²) < 4.78 is 13.9. The van der Waals surface area contributed by atoms with Crippen molar-refractivity contribution in [1.82, 2.24) is 20.1 Å². The van der Waals surface area contributed by atoms with Crippen molar-refractivity contribution < 1.29 is 9.18 Å². The highest BCUT2D eigenvalue weighted by molar-refractivity contribution is 6.07. The Balaban J connectivity index is 1.43. The van der Waals surface area contributed by atoms with Crippen molar-refractivity contribution in [2.75, 3.05) is 57.7 Å². The number of carbonyl (C=O) groups is 1. The first-order valence-electron chi connectivity index (χ1n) is 11.3. The van der Waals surface area contributed by atoms with Gasteiger partial charge in [0.25, 0.3) is 5.91 Å². The van der Waals surface area contributed by atoms with E-state index in [-0.39, 0.29) is 11.7 Å². The van der Waals surface area contributed by atoms with Gasteiger partial charge < -0.3 is 20.4 Å². The number of hydrogen-bond acceptors (Lipinski definition) is 5. The summed E-state index contributed by atoms with van der Waals surface area (Å²) in [5, 5.41) is 6.92.